The first kappa shape index (κ1) is 18.2. The van der Waals surface area contributed by atoms with Crippen LogP contribution in [0.15, 0.2) is 28.8 Å². The third-order valence-corrected chi connectivity index (χ3v) is 5.44. The number of carbonyl (C=O) groups excluding carboxylic acids is 1. The van der Waals surface area contributed by atoms with E-state index < -0.39 is 5.41 Å². The van der Waals surface area contributed by atoms with Gasteiger partial charge in [-0.1, -0.05) is 16.8 Å². The van der Waals surface area contributed by atoms with E-state index in [0.717, 1.165) is 24.9 Å². The molecule has 0 radical (unpaired) electrons. The summed E-state index contributed by atoms with van der Waals surface area (Å²) in [5.74, 6) is 1.54. The summed E-state index contributed by atoms with van der Waals surface area (Å²) in [5.41, 5.74) is 0.290. The Balaban J connectivity index is 1.74. The minimum absolute atomic E-state index is 0.0531. The second-order valence-corrected chi connectivity index (χ2v) is 7.77. The van der Waals surface area contributed by atoms with Crippen molar-refractivity contribution in [3.05, 3.63) is 35.2 Å². The molecule has 0 saturated carbocycles. The SMILES string of the molecule is CC(C)(CCl)C(=O)N1CCCC(c2nc(-c3ccc(Cl)cc3)no2)C1. The minimum atomic E-state index is -0.563. The molecule has 1 saturated heterocycles. The minimum Gasteiger partial charge on any atom is -0.341 e. The van der Waals surface area contributed by atoms with Crippen LogP contribution < -0.4 is 0 Å². The number of amides is 1. The van der Waals surface area contributed by atoms with Gasteiger partial charge in [0, 0.05) is 29.6 Å². The van der Waals surface area contributed by atoms with Gasteiger partial charge in [0.05, 0.1) is 11.3 Å². The van der Waals surface area contributed by atoms with Crippen molar-refractivity contribution in [3.63, 3.8) is 0 Å². The molecule has 0 spiro atoms. The van der Waals surface area contributed by atoms with E-state index in [2.05, 4.69) is 10.1 Å². The zero-order valence-electron chi connectivity index (χ0n) is 14.3. The first-order valence-corrected chi connectivity index (χ1v) is 9.27. The number of benzene rings is 1. The molecule has 0 aliphatic carbocycles. The normalized spacial score (nSPS) is 18.4. The van der Waals surface area contributed by atoms with Crippen LogP contribution in [0.1, 0.15) is 38.5 Å². The maximum absolute atomic E-state index is 12.6. The summed E-state index contributed by atoms with van der Waals surface area (Å²) >= 11 is 11.9. The Morgan fingerprint density at radius 2 is 2.08 bits per heavy atom. The number of rotatable bonds is 4. The van der Waals surface area contributed by atoms with Crippen LogP contribution in [0.25, 0.3) is 11.4 Å². The van der Waals surface area contributed by atoms with Crippen molar-refractivity contribution in [3.8, 4) is 11.4 Å². The zero-order valence-corrected chi connectivity index (χ0v) is 15.8. The number of hydrogen-bond acceptors (Lipinski definition) is 4. The van der Waals surface area contributed by atoms with E-state index in [4.69, 9.17) is 27.7 Å². The van der Waals surface area contributed by atoms with E-state index in [1.54, 1.807) is 12.1 Å². The van der Waals surface area contributed by atoms with Gasteiger partial charge in [-0.2, -0.15) is 4.98 Å². The van der Waals surface area contributed by atoms with Crippen LogP contribution in [0.4, 0.5) is 0 Å². The molecule has 1 fully saturated rings. The number of nitrogens with zero attached hydrogens (tertiary/aromatic N) is 3. The van der Waals surface area contributed by atoms with Crippen LogP contribution in [-0.4, -0.2) is 39.9 Å². The van der Waals surface area contributed by atoms with Crippen LogP contribution in [-0.2, 0) is 4.79 Å². The number of hydrogen-bond donors (Lipinski definition) is 0. The van der Waals surface area contributed by atoms with Gasteiger partial charge in [-0.15, -0.1) is 11.6 Å². The summed E-state index contributed by atoms with van der Waals surface area (Å²) in [5, 5.41) is 4.74. The van der Waals surface area contributed by atoms with Gasteiger partial charge in [-0.05, 0) is 51.0 Å². The number of aromatic nitrogens is 2. The summed E-state index contributed by atoms with van der Waals surface area (Å²) in [7, 11) is 0. The standard InChI is InChI=1S/C18H21Cl2N3O2/c1-18(2,11-19)17(24)23-9-3-4-13(10-23)16-21-15(22-25-16)12-5-7-14(20)8-6-12/h5-8,13H,3-4,9-11H2,1-2H3. The van der Waals surface area contributed by atoms with E-state index in [9.17, 15) is 4.79 Å². The molecule has 7 heteroatoms. The summed E-state index contributed by atoms with van der Waals surface area (Å²) in [4.78, 5) is 19.0. The molecule has 1 unspecified atom stereocenters. The highest BCUT2D eigenvalue weighted by molar-refractivity contribution is 6.30. The summed E-state index contributed by atoms with van der Waals surface area (Å²) in [6.07, 6.45) is 1.83. The Hall–Kier alpha value is -1.59. The van der Waals surface area contributed by atoms with Crippen LogP contribution in [0.5, 0.6) is 0 Å². The van der Waals surface area contributed by atoms with Crippen molar-refractivity contribution >= 4 is 29.1 Å². The second kappa shape index (κ2) is 7.34. The Bertz CT molecular complexity index is 743. The molecule has 3 rings (SSSR count). The van der Waals surface area contributed by atoms with Gasteiger partial charge < -0.3 is 9.42 Å². The third kappa shape index (κ3) is 3.98. The second-order valence-electron chi connectivity index (χ2n) is 7.07. The highest BCUT2D eigenvalue weighted by atomic mass is 35.5. The Labute approximate surface area is 157 Å². The maximum atomic E-state index is 12.6. The molecule has 1 aliphatic rings. The summed E-state index contributed by atoms with van der Waals surface area (Å²) < 4.78 is 5.47. The van der Waals surface area contributed by atoms with E-state index in [0.29, 0.717) is 29.2 Å². The van der Waals surface area contributed by atoms with Gasteiger partial charge in [0.2, 0.25) is 17.6 Å². The van der Waals surface area contributed by atoms with Crippen molar-refractivity contribution < 1.29 is 9.32 Å². The van der Waals surface area contributed by atoms with Gasteiger partial charge in [0.25, 0.3) is 0 Å². The smallest absolute Gasteiger partial charge is 0.231 e. The lowest BCUT2D eigenvalue weighted by Gasteiger charge is -2.35. The highest BCUT2D eigenvalue weighted by Crippen LogP contribution is 2.30. The molecule has 5 nitrogen and oxygen atoms in total. The fraction of sp³-hybridized carbons (Fsp3) is 0.500. The molecule has 1 aliphatic heterocycles. The Morgan fingerprint density at radius 1 is 1.36 bits per heavy atom. The van der Waals surface area contributed by atoms with Gasteiger partial charge in [0.15, 0.2) is 0 Å². The monoisotopic (exact) mass is 381 g/mol. The third-order valence-electron chi connectivity index (χ3n) is 4.52. The molecule has 25 heavy (non-hydrogen) atoms. The molecule has 1 amide bonds. The van der Waals surface area contributed by atoms with Crippen LogP contribution in [0, 0.1) is 5.41 Å². The van der Waals surface area contributed by atoms with Crippen molar-refractivity contribution in [1.82, 2.24) is 15.0 Å². The van der Waals surface area contributed by atoms with E-state index in [1.165, 1.54) is 0 Å². The number of carbonyl (C=O) groups is 1. The number of piperidine rings is 1. The van der Waals surface area contributed by atoms with Crippen LogP contribution in [0.3, 0.4) is 0 Å². The van der Waals surface area contributed by atoms with E-state index in [-0.39, 0.29) is 11.8 Å². The lowest BCUT2D eigenvalue weighted by atomic mass is 9.91. The Kier molecular flexibility index (Phi) is 5.35. The summed E-state index contributed by atoms with van der Waals surface area (Å²) in [6.45, 7) is 5.07. The molecule has 0 N–H and O–H groups in total. The molecule has 134 valence electrons. The summed E-state index contributed by atoms with van der Waals surface area (Å²) in [6, 6.07) is 7.30. The zero-order chi connectivity index (χ0) is 18.0. The lowest BCUT2D eigenvalue weighted by Crippen LogP contribution is -2.46. The number of likely N-dealkylation sites (tertiary alicyclic amines) is 1. The molecule has 1 aromatic carbocycles. The average Bonchev–Trinajstić information content (AvgIpc) is 3.12. The first-order chi connectivity index (χ1) is 11.9. The topological polar surface area (TPSA) is 59.2 Å². The first-order valence-electron chi connectivity index (χ1n) is 8.35. The molecule has 2 heterocycles. The quantitative estimate of drug-likeness (QED) is 0.738. The van der Waals surface area contributed by atoms with Crippen LogP contribution in [0.2, 0.25) is 5.02 Å². The Morgan fingerprint density at radius 3 is 2.76 bits per heavy atom. The number of alkyl halides is 1. The van der Waals surface area contributed by atoms with Gasteiger partial charge in [0.1, 0.15) is 0 Å². The number of halogens is 2. The molecule has 1 aromatic heterocycles. The van der Waals surface area contributed by atoms with Crippen LogP contribution >= 0.6 is 23.2 Å². The predicted molar refractivity (Wildman–Crippen MR) is 97.8 cm³/mol. The molecule has 0 bridgehead atoms. The van der Waals surface area contributed by atoms with Gasteiger partial charge in [-0.25, -0.2) is 0 Å². The van der Waals surface area contributed by atoms with Crippen molar-refractivity contribution in [2.45, 2.75) is 32.6 Å². The molecular formula is C18H21Cl2N3O2. The molecular weight excluding hydrogens is 361 g/mol. The highest BCUT2D eigenvalue weighted by Gasteiger charge is 2.35. The van der Waals surface area contributed by atoms with Gasteiger partial charge >= 0.3 is 0 Å². The van der Waals surface area contributed by atoms with Crippen molar-refractivity contribution in [2.24, 2.45) is 5.41 Å². The molecule has 2 aromatic rings. The molecule has 1 atom stereocenters. The maximum Gasteiger partial charge on any atom is 0.231 e. The lowest BCUT2D eigenvalue weighted by molar-refractivity contribution is -0.140. The van der Waals surface area contributed by atoms with E-state index >= 15 is 0 Å². The van der Waals surface area contributed by atoms with E-state index in [1.807, 2.05) is 30.9 Å². The fourth-order valence-electron chi connectivity index (χ4n) is 2.97. The largest absolute Gasteiger partial charge is 0.341 e. The van der Waals surface area contributed by atoms with Gasteiger partial charge in [-0.3, -0.25) is 4.79 Å². The fourth-order valence-corrected chi connectivity index (χ4v) is 3.21. The predicted octanol–water partition coefficient (Wildman–Crippen LogP) is 4.36. The van der Waals surface area contributed by atoms with Crippen molar-refractivity contribution in [2.75, 3.05) is 19.0 Å². The van der Waals surface area contributed by atoms with Crippen molar-refractivity contribution in [1.29, 1.82) is 0 Å². The average molecular weight is 382 g/mol.